The molecule has 0 aliphatic rings. The Kier molecular flexibility index (Phi) is 4.61. The average Bonchev–Trinajstić information content (AvgIpc) is 2.62. The van der Waals surface area contributed by atoms with Crippen molar-refractivity contribution in [2.75, 3.05) is 5.32 Å². The number of carbonyl (C=O) groups excluding carboxylic acids is 2. The second-order valence-electron chi connectivity index (χ2n) is 4.62. The zero-order valence-corrected chi connectivity index (χ0v) is 11.5. The van der Waals surface area contributed by atoms with Crippen molar-refractivity contribution in [1.29, 1.82) is 0 Å². The first-order chi connectivity index (χ1) is 8.30. The lowest BCUT2D eigenvalue weighted by Crippen LogP contribution is -2.27. The summed E-state index contributed by atoms with van der Waals surface area (Å²) in [7, 11) is 0. The van der Waals surface area contributed by atoms with Gasteiger partial charge < -0.3 is 4.74 Å². The van der Waals surface area contributed by atoms with Gasteiger partial charge in [-0.25, -0.2) is 9.78 Å². The van der Waals surface area contributed by atoms with Crippen molar-refractivity contribution in [3.63, 3.8) is 0 Å². The quantitative estimate of drug-likeness (QED) is 0.852. The third-order valence-corrected chi connectivity index (χ3v) is 2.55. The van der Waals surface area contributed by atoms with Gasteiger partial charge in [0, 0.05) is 5.38 Å². The fraction of sp³-hybridized carbons (Fsp3) is 0.417. The lowest BCUT2D eigenvalue weighted by molar-refractivity contribution is -0.114. The lowest BCUT2D eigenvalue weighted by atomic mass is 10.2. The van der Waals surface area contributed by atoms with Gasteiger partial charge in [0.1, 0.15) is 5.60 Å². The highest BCUT2D eigenvalue weighted by Crippen LogP contribution is 2.17. The van der Waals surface area contributed by atoms with E-state index >= 15 is 0 Å². The smallest absolute Gasteiger partial charge is 0.413 e. The zero-order valence-electron chi connectivity index (χ0n) is 10.6. The van der Waals surface area contributed by atoms with Crippen LogP contribution in [-0.4, -0.2) is 22.5 Å². The van der Waals surface area contributed by atoms with E-state index in [-0.39, 0.29) is 12.2 Å². The van der Waals surface area contributed by atoms with Gasteiger partial charge >= 0.3 is 6.09 Å². The van der Waals surface area contributed by atoms with Gasteiger partial charge in [-0.05, 0) is 26.8 Å². The van der Waals surface area contributed by atoms with E-state index in [0.29, 0.717) is 10.8 Å². The number of nitrogens with one attached hydrogen (secondary N) is 1. The summed E-state index contributed by atoms with van der Waals surface area (Å²) in [6.07, 6.45) is 0.884. The molecule has 5 nitrogen and oxygen atoms in total. The molecule has 0 aliphatic heterocycles. The third-order valence-electron chi connectivity index (χ3n) is 1.74. The average molecular weight is 268 g/mol. The number of amides is 1. The number of thiazole rings is 1. The number of hydrogen-bond donors (Lipinski definition) is 1. The predicted molar refractivity (Wildman–Crippen MR) is 70.9 cm³/mol. The summed E-state index contributed by atoms with van der Waals surface area (Å²) in [6, 6.07) is 0. The maximum atomic E-state index is 11.5. The molecule has 0 atom stereocenters. The number of ketones is 1. The number of hydrogen-bond acceptors (Lipinski definition) is 5. The van der Waals surface area contributed by atoms with Gasteiger partial charge in [0.2, 0.25) is 0 Å². The first-order valence-corrected chi connectivity index (χ1v) is 6.28. The monoisotopic (exact) mass is 268 g/mol. The largest absolute Gasteiger partial charge is 0.444 e. The molecule has 18 heavy (non-hydrogen) atoms. The van der Waals surface area contributed by atoms with Crippen molar-refractivity contribution in [1.82, 2.24) is 4.98 Å². The number of rotatable bonds is 4. The Morgan fingerprint density at radius 1 is 1.56 bits per heavy atom. The summed E-state index contributed by atoms with van der Waals surface area (Å²) in [4.78, 5) is 26.7. The van der Waals surface area contributed by atoms with Gasteiger partial charge in [0.05, 0.1) is 12.1 Å². The summed E-state index contributed by atoms with van der Waals surface area (Å²) in [5.74, 6) is -0.107. The summed E-state index contributed by atoms with van der Waals surface area (Å²) >= 11 is 1.25. The first kappa shape index (κ1) is 14.4. The number of anilines is 1. The lowest BCUT2D eigenvalue weighted by Gasteiger charge is -2.18. The van der Waals surface area contributed by atoms with Crippen LogP contribution in [0.15, 0.2) is 18.0 Å². The topological polar surface area (TPSA) is 68.3 Å². The van der Waals surface area contributed by atoms with E-state index in [4.69, 9.17) is 4.74 Å². The second-order valence-corrected chi connectivity index (χ2v) is 5.48. The van der Waals surface area contributed by atoms with Crippen LogP contribution >= 0.6 is 11.3 Å². The Balaban J connectivity index is 2.56. The minimum atomic E-state index is -0.557. The fourth-order valence-electron chi connectivity index (χ4n) is 1.09. The molecule has 0 unspecified atom stereocenters. The van der Waals surface area contributed by atoms with E-state index in [1.807, 2.05) is 0 Å². The number of ether oxygens (including phenoxy) is 1. The molecule has 98 valence electrons. The minimum Gasteiger partial charge on any atom is -0.444 e. The predicted octanol–water partition coefficient (Wildman–Crippen LogP) is 2.79. The van der Waals surface area contributed by atoms with Crippen molar-refractivity contribution >= 4 is 28.3 Å². The van der Waals surface area contributed by atoms with Crippen molar-refractivity contribution in [3.8, 4) is 0 Å². The van der Waals surface area contributed by atoms with Gasteiger partial charge in [-0.1, -0.05) is 6.58 Å². The summed E-state index contributed by atoms with van der Waals surface area (Å²) in [6.45, 7) is 8.73. The molecule has 0 aliphatic carbocycles. The molecule has 0 fully saturated rings. The van der Waals surface area contributed by atoms with E-state index in [0.717, 1.165) is 0 Å². The van der Waals surface area contributed by atoms with Crippen molar-refractivity contribution in [2.24, 2.45) is 0 Å². The second kappa shape index (κ2) is 5.77. The van der Waals surface area contributed by atoms with E-state index in [9.17, 15) is 9.59 Å². The molecule has 1 aromatic rings. The highest BCUT2D eigenvalue weighted by molar-refractivity contribution is 7.13. The molecule has 0 spiro atoms. The Labute approximate surface area is 110 Å². The van der Waals surface area contributed by atoms with Crippen molar-refractivity contribution in [2.45, 2.75) is 32.8 Å². The molecule has 1 N–H and O–H groups in total. The van der Waals surface area contributed by atoms with Crippen molar-refractivity contribution in [3.05, 3.63) is 23.7 Å². The van der Waals surface area contributed by atoms with Gasteiger partial charge in [0.25, 0.3) is 0 Å². The SMILES string of the molecule is C=CC(=O)Cc1csc(NC(=O)OC(C)(C)C)n1. The molecular formula is C12H16N2O3S. The zero-order chi connectivity index (χ0) is 13.8. The number of allylic oxidation sites excluding steroid dienone is 1. The molecule has 0 aromatic carbocycles. The Morgan fingerprint density at radius 2 is 2.22 bits per heavy atom. The maximum absolute atomic E-state index is 11.5. The van der Waals surface area contributed by atoms with Gasteiger partial charge in [-0.3, -0.25) is 10.1 Å². The van der Waals surface area contributed by atoms with Crippen LogP contribution in [0.25, 0.3) is 0 Å². The van der Waals surface area contributed by atoms with Crippen LogP contribution in [0.2, 0.25) is 0 Å². The molecule has 1 aromatic heterocycles. The Morgan fingerprint density at radius 3 is 2.78 bits per heavy atom. The molecule has 1 amide bonds. The fourth-order valence-corrected chi connectivity index (χ4v) is 1.78. The van der Waals surface area contributed by atoms with Crippen LogP contribution < -0.4 is 5.32 Å². The van der Waals surface area contributed by atoms with Crippen LogP contribution in [0.3, 0.4) is 0 Å². The van der Waals surface area contributed by atoms with Gasteiger partial charge in [-0.2, -0.15) is 0 Å². The van der Waals surface area contributed by atoms with Crippen LogP contribution in [0.1, 0.15) is 26.5 Å². The molecule has 0 saturated carbocycles. The molecule has 1 heterocycles. The summed E-state index contributed by atoms with van der Waals surface area (Å²) < 4.78 is 5.09. The van der Waals surface area contributed by atoms with Gasteiger partial charge in [-0.15, -0.1) is 11.3 Å². The number of nitrogens with zero attached hydrogens (tertiary/aromatic N) is 1. The molecule has 0 saturated heterocycles. The first-order valence-electron chi connectivity index (χ1n) is 5.40. The Hall–Kier alpha value is -1.69. The minimum absolute atomic E-state index is 0.107. The summed E-state index contributed by atoms with van der Waals surface area (Å²) in [5.41, 5.74) is 0.0548. The highest BCUT2D eigenvalue weighted by atomic mass is 32.1. The van der Waals surface area contributed by atoms with Crippen molar-refractivity contribution < 1.29 is 14.3 Å². The van der Waals surface area contributed by atoms with Crippen LogP contribution in [0, 0.1) is 0 Å². The van der Waals surface area contributed by atoms with E-state index in [1.165, 1.54) is 17.4 Å². The van der Waals surface area contributed by atoms with Gasteiger partial charge in [0.15, 0.2) is 10.9 Å². The molecule has 0 bridgehead atoms. The molecular weight excluding hydrogens is 252 g/mol. The van der Waals surface area contributed by atoms with E-state index in [2.05, 4.69) is 16.9 Å². The molecule has 6 heteroatoms. The standard InChI is InChI=1S/C12H16N2O3S/c1-5-9(15)6-8-7-18-10(13-8)14-11(16)17-12(2,3)4/h5,7H,1,6H2,2-4H3,(H,13,14,16). The maximum Gasteiger partial charge on any atom is 0.413 e. The number of aromatic nitrogens is 1. The molecule has 1 rings (SSSR count). The Bertz CT molecular complexity index is 460. The molecule has 0 radical (unpaired) electrons. The van der Waals surface area contributed by atoms with E-state index in [1.54, 1.807) is 26.2 Å². The van der Waals surface area contributed by atoms with E-state index < -0.39 is 11.7 Å². The summed E-state index contributed by atoms with van der Waals surface area (Å²) in [5, 5.41) is 4.65. The number of carbonyl (C=O) groups is 2. The third kappa shape index (κ3) is 5.09. The van der Waals surface area contributed by atoms with Crippen LogP contribution in [0.5, 0.6) is 0 Å². The highest BCUT2D eigenvalue weighted by Gasteiger charge is 2.17. The normalized spacial score (nSPS) is 10.8. The van der Waals surface area contributed by atoms with Crippen LogP contribution in [0.4, 0.5) is 9.93 Å². The van der Waals surface area contributed by atoms with Crippen LogP contribution in [-0.2, 0) is 16.0 Å².